The Labute approximate surface area is 184 Å². The highest BCUT2D eigenvalue weighted by atomic mass is 16.5. The lowest BCUT2D eigenvalue weighted by Gasteiger charge is -2.19. The lowest BCUT2D eigenvalue weighted by molar-refractivity contribution is -0.125. The van der Waals surface area contributed by atoms with Crippen LogP contribution in [0.5, 0.6) is 0 Å². The summed E-state index contributed by atoms with van der Waals surface area (Å²) in [5.41, 5.74) is 2.54. The Kier molecular flexibility index (Phi) is 5.81. The molecule has 32 heavy (non-hydrogen) atoms. The van der Waals surface area contributed by atoms with Gasteiger partial charge in [0.25, 0.3) is 11.5 Å². The number of hydrogen-bond acceptors (Lipinski definition) is 5. The van der Waals surface area contributed by atoms with Gasteiger partial charge in [0.2, 0.25) is 6.10 Å². The number of nitrogens with zero attached hydrogens (tertiary/aromatic N) is 1. The van der Waals surface area contributed by atoms with Crippen molar-refractivity contribution in [1.82, 2.24) is 10.2 Å². The number of carbonyl (C=O) groups is 2. The largest absolute Gasteiger partial charge is 0.442 e. The number of aromatic amines is 1. The highest BCUT2D eigenvalue weighted by Crippen LogP contribution is 2.24. The number of H-pyrrole nitrogens is 1. The van der Waals surface area contributed by atoms with E-state index in [1.165, 1.54) is 0 Å². The molecule has 7 nitrogen and oxygen atoms in total. The van der Waals surface area contributed by atoms with Crippen molar-refractivity contribution in [1.29, 1.82) is 0 Å². The summed E-state index contributed by atoms with van der Waals surface area (Å²) in [4.78, 5) is 38.3. The van der Waals surface area contributed by atoms with Gasteiger partial charge in [0.15, 0.2) is 5.69 Å². The quantitative estimate of drug-likeness (QED) is 0.468. The van der Waals surface area contributed by atoms with E-state index in [1.54, 1.807) is 48.5 Å². The Hall–Kier alpha value is -4.26. The van der Waals surface area contributed by atoms with E-state index in [-0.39, 0.29) is 5.69 Å². The number of amides is 1. The van der Waals surface area contributed by atoms with Crippen LogP contribution in [0.2, 0.25) is 0 Å². The number of benzene rings is 3. The molecule has 1 atom stereocenters. The molecule has 0 aliphatic heterocycles. The number of ether oxygens (including phenoxy) is 1. The molecule has 4 rings (SSSR count). The summed E-state index contributed by atoms with van der Waals surface area (Å²) in [6.45, 7) is 3.81. The van der Waals surface area contributed by atoms with Crippen molar-refractivity contribution in [3.8, 4) is 0 Å². The number of aromatic nitrogens is 2. The van der Waals surface area contributed by atoms with Gasteiger partial charge in [0.1, 0.15) is 0 Å². The van der Waals surface area contributed by atoms with Crippen molar-refractivity contribution in [3.63, 3.8) is 0 Å². The van der Waals surface area contributed by atoms with Crippen molar-refractivity contribution in [3.05, 3.63) is 106 Å². The fourth-order valence-corrected chi connectivity index (χ4v) is 3.40. The molecule has 160 valence electrons. The average molecular weight is 427 g/mol. The number of aryl methyl sites for hydroxylation is 2. The second-order valence-electron chi connectivity index (χ2n) is 7.45. The van der Waals surface area contributed by atoms with E-state index >= 15 is 0 Å². The zero-order chi connectivity index (χ0) is 22.7. The molecule has 1 heterocycles. The Morgan fingerprint density at radius 3 is 2.38 bits per heavy atom. The molecule has 0 bridgehead atoms. The molecule has 1 amide bonds. The lowest BCUT2D eigenvalue weighted by Crippen LogP contribution is -2.27. The van der Waals surface area contributed by atoms with Crippen LogP contribution in [-0.4, -0.2) is 22.1 Å². The third-order valence-corrected chi connectivity index (χ3v) is 5.11. The SMILES string of the molecule is Cc1ccc(C)c(NC(=O)C(OC(=O)c2n[nH]c(=O)c3ccccc23)c2ccccc2)c1. The zero-order valence-corrected chi connectivity index (χ0v) is 17.6. The molecule has 3 aromatic carbocycles. The predicted molar refractivity (Wildman–Crippen MR) is 122 cm³/mol. The number of anilines is 1. The fourth-order valence-electron chi connectivity index (χ4n) is 3.40. The van der Waals surface area contributed by atoms with E-state index in [0.717, 1.165) is 11.1 Å². The van der Waals surface area contributed by atoms with Gasteiger partial charge in [-0.25, -0.2) is 9.89 Å². The van der Waals surface area contributed by atoms with E-state index in [9.17, 15) is 14.4 Å². The number of fused-ring (bicyclic) bond motifs is 1. The van der Waals surface area contributed by atoms with Gasteiger partial charge < -0.3 is 10.1 Å². The minimum Gasteiger partial charge on any atom is -0.442 e. The first-order chi connectivity index (χ1) is 15.4. The predicted octanol–water partition coefficient (Wildman–Crippen LogP) is 4.08. The molecule has 0 aliphatic rings. The second-order valence-corrected chi connectivity index (χ2v) is 7.45. The van der Waals surface area contributed by atoms with Crippen LogP contribution in [-0.2, 0) is 9.53 Å². The topological polar surface area (TPSA) is 101 Å². The standard InChI is InChI=1S/C25H21N3O4/c1-15-12-13-16(2)20(14-15)26-24(30)22(17-8-4-3-5-9-17)32-25(31)21-18-10-6-7-11-19(18)23(29)28-27-21/h3-14,22H,1-2H3,(H,26,30)(H,28,29). The molecule has 0 saturated carbocycles. The van der Waals surface area contributed by atoms with E-state index in [2.05, 4.69) is 15.5 Å². The van der Waals surface area contributed by atoms with Crippen molar-refractivity contribution >= 4 is 28.3 Å². The molecule has 1 unspecified atom stereocenters. The Morgan fingerprint density at radius 1 is 0.938 bits per heavy atom. The van der Waals surface area contributed by atoms with Gasteiger partial charge in [-0.3, -0.25) is 9.59 Å². The summed E-state index contributed by atoms with van der Waals surface area (Å²) < 4.78 is 5.64. The number of carbonyl (C=O) groups excluding carboxylic acids is 2. The van der Waals surface area contributed by atoms with Crippen LogP contribution in [0.4, 0.5) is 5.69 Å². The molecule has 1 aromatic heterocycles. The van der Waals surface area contributed by atoms with Crippen LogP contribution in [0.25, 0.3) is 10.8 Å². The van der Waals surface area contributed by atoms with E-state index in [4.69, 9.17) is 4.74 Å². The Bertz CT molecular complexity index is 1360. The first-order valence-corrected chi connectivity index (χ1v) is 10.1. The van der Waals surface area contributed by atoms with Crippen LogP contribution in [0.1, 0.15) is 33.3 Å². The number of rotatable bonds is 5. The summed E-state index contributed by atoms with van der Waals surface area (Å²) in [5, 5.41) is 9.71. The van der Waals surface area contributed by atoms with E-state index in [0.29, 0.717) is 22.0 Å². The van der Waals surface area contributed by atoms with Crippen LogP contribution in [0, 0.1) is 13.8 Å². The molecule has 0 spiro atoms. The third-order valence-electron chi connectivity index (χ3n) is 5.11. The van der Waals surface area contributed by atoms with Crippen LogP contribution >= 0.6 is 0 Å². The lowest BCUT2D eigenvalue weighted by atomic mass is 10.1. The third kappa shape index (κ3) is 4.27. The smallest absolute Gasteiger partial charge is 0.360 e. The second kappa shape index (κ2) is 8.85. The molecule has 7 heteroatoms. The maximum atomic E-state index is 13.2. The first kappa shape index (κ1) is 21.0. The van der Waals surface area contributed by atoms with E-state index < -0.39 is 23.5 Å². The highest BCUT2D eigenvalue weighted by Gasteiger charge is 2.28. The van der Waals surface area contributed by atoms with Crippen molar-refractivity contribution < 1.29 is 14.3 Å². The van der Waals surface area contributed by atoms with Gasteiger partial charge in [-0.05, 0) is 37.1 Å². The minimum atomic E-state index is -1.21. The average Bonchev–Trinajstić information content (AvgIpc) is 2.80. The Balaban J connectivity index is 1.68. The summed E-state index contributed by atoms with van der Waals surface area (Å²) in [7, 11) is 0. The first-order valence-electron chi connectivity index (χ1n) is 10.1. The monoisotopic (exact) mass is 427 g/mol. The maximum absolute atomic E-state index is 13.2. The minimum absolute atomic E-state index is 0.0688. The molecule has 4 aromatic rings. The summed E-state index contributed by atoms with van der Waals surface area (Å²) >= 11 is 0. The summed E-state index contributed by atoms with van der Waals surface area (Å²) in [6.07, 6.45) is -1.21. The van der Waals surface area contributed by atoms with Crippen molar-refractivity contribution in [2.24, 2.45) is 0 Å². The van der Waals surface area contributed by atoms with Crippen molar-refractivity contribution in [2.45, 2.75) is 20.0 Å². The molecule has 2 N–H and O–H groups in total. The van der Waals surface area contributed by atoms with Gasteiger partial charge in [-0.1, -0.05) is 60.7 Å². The normalized spacial score (nSPS) is 11.7. The number of nitrogens with one attached hydrogen (secondary N) is 2. The van der Waals surface area contributed by atoms with Crippen LogP contribution in [0.15, 0.2) is 77.6 Å². The van der Waals surface area contributed by atoms with Crippen LogP contribution in [0.3, 0.4) is 0 Å². The van der Waals surface area contributed by atoms with Crippen molar-refractivity contribution in [2.75, 3.05) is 5.32 Å². The molecule has 0 fully saturated rings. The molecule has 0 aliphatic carbocycles. The van der Waals surface area contributed by atoms with Crippen LogP contribution < -0.4 is 10.9 Å². The molecule has 0 radical (unpaired) electrons. The summed E-state index contributed by atoms with van der Waals surface area (Å²) in [5.74, 6) is -1.31. The zero-order valence-electron chi connectivity index (χ0n) is 17.6. The van der Waals surface area contributed by atoms with Gasteiger partial charge >= 0.3 is 5.97 Å². The number of hydrogen-bond donors (Lipinski definition) is 2. The van der Waals surface area contributed by atoms with Gasteiger partial charge in [-0.2, -0.15) is 5.10 Å². The fraction of sp³-hybridized carbons (Fsp3) is 0.120. The summed E-state index contributed by atoms with van der Waals surface area (Å²) in [6, 6.07) is 21.0. The van der Waals surface area contributed by atoms with Gasteiger partial charge in [0.05, 0.1) is 5.39 Å². The molecule has 0 saturated heterocycles. The van der Waals surface area contributed by atoms with Gasteiger partial charge in [-0.15, -0.1) is 0 Å². The highest BCUT2D eigenvalue weighted by molar-refractivity contribution is 6.04. The van der Waals surface area contributed by atoms with E-state index in [1.807, 2.05) is 38.1 Å². The molecular weight excluding hydrogens is 406 g/mol. The number of esters is 1. The Morgan fingerprint density at radius 2 is 1.62 bits per heavy atom. The van der Waals surface area contributed by atoms with Gasteiger partial charge in [0, 0.05) is 16.6 Å². The molecular formula is C25H21N3O4. The maximum Gasteiger partial charge on any atom is 0.360 e.